The van der Waals surface area contributed by atoms with Gasteiger partial charge in [-0.05, 0) is 18.9 Å². The van der Waals surface area contributed by atoms with Crippen LogP contribution in [0.1, 0.15) is 23.3 Å². The molecule has 1 amide bonds. The van der Waals surface area contributed by atoms with Crippen LogP contribution in [0.15, 0.2) is 36.8 Å². The van der Waals surface area contributed by atoms with Gasteiger partial charge < -0.3 is 18.9 Å². The van der Waals surface area contributed by atoms with Crippen molar-refractivity contribution in [2.75, 3.05) is 44.3 Å². The van der Waals surface area contributed by atoms with Gasteiger partial charge in [0.25, 0.3) is 5.91 Å². The van der Waals surface area contributed by atoms with Crippen molar-refractivity contribution in [1.82, 2.24) is 29.5 Å². The molecule has 1 N–H and O–H groups in total. The first-order chi connectivity index (χ1) is 15.3. The quantitative estimate of drug-likeness (QED) is 0.550. The van der Waals surface area contributed by atoms with Crippen LogP contribution in [-0.2, 0) is 4.74 Å². The van der Waals surface area contributed by atoms with E-state index in [0.717, 1.165) is 67.0 Å². The molecule has 9 nitrogen and oxygen atoms in total. The lowest BCUT2D eigenvalue weighted by atomic mass is 10.1. The van der Waals surface area contributed by atoms with Crippen LogP contribution < -0.4 is 4.90 Å². The van der Waals surface area contributed by atoms with Gasteiger partial charge in [0, 0.05) is 49.5 Å². The predicted molar refractivity (Wildman–Crippen MR) is 116 cm³/mol. The summed E-state index contributed by atoms with van der Waals surface area (Å²) in [4.78, 5) is 26.8. The molecule has 2 fully saturated rings. The van der Waals surface area contributed by atoms with E-state index in [9.17, 15) is 4.79 Å². The number of aromatic nitrogens is 5. The Labute approximate surface area is 178 Å². The number of anilines is 1. The van der Waals surface area contributed by atoms with Crippen LogP contribution in [0.2, 0.25) is 0 Å². The lowest BCUT2D eigenvalue weighted by Gasteiger charge is -2.28. The Morgan fingerprint density at radius 1 is 1.03 bits per heavy atom. The molecule has 0 radical (unpaired) electrons. The summed E-state index contributed by atoms with van der Waals surface area (Å²) in [5.74, 6) is 0.773. The highest BCUT2D eigenvalue weighted by atomic mass is 16.5. The van der Waals surface area contributed by atoms with Gasteiger partial charge in [-0.2, -0.15) is 5.10 Å². The molecule has 2 aliphatic heterocycles. The number of amides is 1. The molecule has 5 heterocycles. The largest absolute Gasteiger partial charge is 0.378 e. The second-order valence-corrected chi connectivity index (χ2v) is 8.04. The number of likely N-dealkylation sites (tertiary alicyclic amines) is 1. The molecule has 4 aromatic rings. The van der Waals surface area contributed by atoms with Crippen LogP contribution in [-0.4, -0.2) is 74.8 Å². The zero-order valence-corrected chi connectivity index (χ0v) is 17.1. The van der Waals surface area contributed by atoms with Crippen molar-refractivity contribution in [3.63, 3.8) is 0 Å². The summed E-state index contributed by atoms with van der Waals surface area (Å²) in [5.41, 5.74) is 3.94. The molecule has 31 heavy (non-hydrogen) atoms. The zero-order valence-electron chi connectivity index (χ0n) is 17.1. The third kappa shape index (κ3) is 3.12. The smallest absolute Gasteiger partial charge is 0.274 e. The SMILES string of the molecule is O=C(c1cn2cc(-c3cccc4[nH]ncc34)nc(N3CCOCC3)c2n1)N1CCCC1. The number of hydrogen-bond acceptors (Lipinski definition) is 6. The number of aromatic amines is 1. The minimum absolute atomic E-state index is 0.00684. The summed E-state index contributed by atoms with van der Waals surface area (Å²) in [7, 11) is 0. The molecule has 158 valence electrons. The van der Waals surface area contributed by atoms with E-state index in [0.29, 0.717) is 24.6 Å². The highest BCUT2D eigenvalue weighted by Crippen LogP contribution is 2.30. The number of fused-ring (bicyclic) bond motifs is 2. The van der Waals surface area contributed by atoms with Crippen LogP contribution in [0, 0.1) is 0 Å². The highest BCUT2D eigenvalue weighted by Gasteiger charge is 2.25. The third-order valence-corrected chi connectivity index (χ3v) is 6.10. The molecule has 1 aromatic carbocycles. The maximum atomic E-state index is 13.0. The van der Waals surface area contributed by atoms with Crippen LogP contribution in [0.5, 0.6) is 0 Å². The fourth-order valence-corrected chi connectivity index (χ4v) is 4.48. The van der Waals surface area contributed by atoms with E-state index >= 15 is 0 Å². The Balaban J connectivity index is 1.52. The Hall–Kier alpha value is -3.46. The molecule has 0 unspecified atom stereocenters. The van der Waals surface area contributed by atoms with Crippen molar-refractivity contribution in [3.8, 4) is 11.3 Å². The Morgan fingerprint density at radius 2 is 1.87 bits per heavy atom. The van der Waals surface area contributed by atoms with E-state index in [1.165, 1.54) is 0 Å². The van der Waals surface area contributed by atoms with Gasteiger partial charge in [0.05, 0.1) is 30.6 Å². The topological polar surface area (TPSA) is 91.6 Å². The van der Waals surface area contributed by atoms with Crippen LogP contribution in [0.25, 0.3) is 27.8 Å². The first kappa shape index (κ1) is 18.3. The second kappa shape index (κ2) is 7.35. The molecule has 0 spiro atoms. The summed E-state index contributed by atoms with van der Waals surface area (Å²) in [6.07, 6.45) is 7.72. The van der Waals surface area contributed by atoms with Crippen molar-refractivity contribution in [1.29, 1.82) is 0 Å². The van der Waals surface area contributed by atoms with Gasteiger partial charge in [-0.15, -0.1) is 0 Å². The number of hydrogen-bond donors (Lipinski definition) is 1. The maximum absolute atomic E-state index is 13.0. The fourth-order valence-electron chi connectivity index (χ4n) is 4.48. The van der Waals surface area contributed by atoms with Crippen molar-refractivity contribution >= 4 is 28.3 Å². The number of nitrogens with zero attached hydrogens (tertiary/aromatic N) is 6. The molecule has 6 rings (SSSR count). The number of nitrogens with one attached hydrogen (secondary N) is 1. The Bertz CT molecular complexity index is 1270. The van der Waals surface area contributed by atoms with Gasteiger partial charge in [-0.25, -0.2) is 9.97 Å². The molecule has 3 aromatic heterocycles. The normalized spacial score (nSPS) is 17.2. The van der Waals surface area contributed by atoms with Crippen molar-refractivity contribution in [2.24, 2.45) is 0 Å². The molecule has 9 heteroatoms. The average molecular weight is 417 g/mol. The fraction of sp³-hybridized carbons (Fsp3) is 0.364. The van der Waals surface area contributed by atoms with Gasteiger partial charge in [0.1, 0.15) is 5.69 Å². The minimum atomic E-state index is -0.00684. The summed E-state index contributed by atoms with van der Waals surface area (Å²) >= 11 is 0. The van der Waals surface area contributed by atoms with E-state index < -0.39 is 0 Å². The maximum Gasteiger partial charge on any atom is 0.274 e. The first-order valence-electron chi connectivity index (χ1n) is 10.7. The number of rotatable bonds is 3. The second-order valence-electron chi connectivity index (χ2n) is 8.04. The zero-order chi connectivity index (χ0) is 20.8. The van der Waals surface area contributed by atoms with Crippen LogP contribution >= 0.6 is 0 Å². The van der Waals surface area contributed by atoms with E-state index in [2.05, 4.69) is 15.1 Å². The van der Waals surface area contributed by atoms with Gasteiger partial charge >= 0.3 is 0 Å². The van der Waals surface area contributed by atoms with E-state index in [1.54, 1.807) is 0 Å². The first-order valence-corrected chi connectivity index (χ1v) is 10.7. The highest BCUT2D eigenvalue weighted by molar-refractivity contribution is 5.95. The number of benzene rings is 1. The number of morpholine rings is 1. The van der Waals surface area contributed by atoms with E-state index in [1.807, 2.05) is 46.1 Å². The van der Waals surface area contributed by atoms with Crippen LogP contribution in [0.3, 0.4) is 0 Å². The summed E-state index contributed by atoms with van der Waals surface area (Å²) in [5, 5.41) is 8.22. The Kier molecular flexibility index (Phi) is 4.34. The number of carbonyl (C=O) groups is 1. The van der Waals surface area contributed by atoms with Gasteiger partial charge in [0.2, 0.25) is 0 Å². The molecule has 0 saturated carbocycles. The van der Waals surface area contributed by atoms with E-state index in [4.69, 9.17) is 14.7 Å². The van der Waals surface area contributed by atoms with E-state index in [-0.39, 0.29) is 5.91 Å². The van der Waals surface area contributed by atoms with Crippen LogP contribution in [0.4, 0.5) is 5.82 Å². The molecular weight excluding hydrogens is 394 g/mol. The van der Waals surface area contributed by atoms with Crippen molar-refractivity contribution < 1.29 is 9.53 Å². The van der Waals surface area contributed by atoms with Gasteiger partial charge in [0.15, 0.2) is 11.5 Å². The summed E-state index contributed by atoms with van der Waals surface area (Å²) in [6, 6.07) is 6.03. The molecule has 0 aliphatic carbocycles. The lowest BCUT2D eigenvalue weighted by Crippen LogP contribution is -2.37. The molecular formula is C22H23N7O2. The Morgan fingerprint density at radius 3 is 2.71 bits per heavy atom. The average Bonchev–Trinajstić information content (AvgIpc) is 3.58. The third-order valence-electron chi connectivity index (χ3n) is 6.10. The summed E-state index contributed by atoms with van der Waals surface area (Å²) in [6.45, 7) is 4.38. The molecule has 2 aliphatic rings. The summed E-state index contributed by atoms with van der Waals surface area (Å²) < 4.78 is 7.48. The minimum Gasteiger partial charge on any atom is -0.378 e. The molecule has 0 bridgehead atoms. The van der Waals surface area contributed by atoms with Crippen molar-refractivity contribution in [3.05, 3.63) is 42.5 Å². The number of H-pyrrole nitrogens is 1. The monoisotopic (exact) mass is 417 g/mol. The number of ether oxygens (including phenoxy) is 1. The van der Waals surface area contributed by atoms with Gasteiger partial charge in [-0.1, -0.05) is 12.1 Å². The molecule has 0 atom stereocenters. The van der Waals surface area contributed by atoms with Gasteiger partial charge in [-0.3, -0.25) is 9.89 Å². The number of imidazole rings is 1. The standard InChI is InChI=1S/C22H23N7O2/c30-22(28-6-1-2-7-28)19-14-29-13-18(15-4-3-5-17-16(15)12-23-26-17)24-20(21(29)25-19)27-8-10-31-11-9-27/h3-5,12-14H,1-2,6-11H2,(H,23,26). The number of carbonyl (C=O) groups excluding carboxylic acids is 1. The molecule has 2 saturated heterocycles. The lowest BCUT2D eigenvalue weighted by molar-refractivity contribution is 0.0787. The predicted octanol–water partition coefficient (Wildman–Crippen LogP) is 2.35. The van der Waals surface area contributed by atoms with Crippen molar-refractivity contribution in [2.45, 2.75) is 12.8 Å².